The first-order valence-corrected chi connectivity index (χ1v) is 11.5. The van der Waals surface area contributed by atoms with Crippen LogP contribution in [0.4, 0.5) is 0 Å². The summed E-state index contributed by atoms with van der Waals surface area (Å²) in [6, 6.07) is 14.8. The number of benzene rings is 2. The van der Waals surface area contributed by atoms with Gasteiger partial charge in [0.15, 0.2) is 15.9 Å². The summed E-state index contributed by atoms with van der Waals surface area (Å²) < 4.78 is 31.5. The Morgan fingerprint density at radius 2 is 1.75 bits per heavy atom. The predicted molar refractivity (Wildman–Crippen MR) is 108 cm³/mol. The smallest absolute Gasteiger partial charge is 0.256 e. The average Bonchev–Trinajstić information content (AvgIpc) is 2.85. The van der Waals surface area contributed by atoms with Crippen molar-refractivity contribution >= 4 is 27.3 Å². The van der Waals surface area contributed by atoms with Gasteiger partial charge in [0.25, 0.3) is 5.91 Å². The average molecular weight is 420 g/mol. The molecule has 0 radical (unpaired) electrons. The Labute approximate surface area is 170 Å². The van der Waals surface area contributed by atoms with Crippen molar-refractivity contribution in [2.75, 3.05) is 25.4 Å². The van der Waals surface area contributed by atoms with Gasteiger partial charge in [-0.05, 0) is 35.6 Å². The molecule has 148 valence electrons. The third kappa shape index (κ3) is 3.69. The third-order valence-corrected chi connectivity index (χ3v) is 7.97. The molecule has 1 saturated heterocycles. The van der Waals surface area contributed by atoms with Crippen molar-refractivity contribution in [3.8, 4) is 0 Å². The van der Waals surface area contributed by atoms with Crippen LogP contribution in [0.3, 0.4) is 0 Å². The Bertz CT molecular complexity index is 991. The highest BCUT2D eigenvalue weighted by molar-refractivity contribution is 7.91. The van der Waals surface area contributed by atoms with Crippen LogP contribution in [0.2, 0.25) is 5.02 Å². The number of sulfone groups is 1. The molecule has 0 aliphatic carbocycles. The molecule has 2 atom stereocenters. The molecule has 7 heteroatoms. The molecular formula is C21H22ClNO4S. The molecule has 2 unspecified atom stereocenters. The SMILES string of the molecule is O=C(C1OCCc2ccccc21)N1CCC(c2ccccc2Cl)S(=O)(=O)CC1. The minimum Gasteiger partial charge on any atom is -0.363 e. The summed E-state index contributed by atoms with van der Waals surface area (Å²) in [6.45, 7) is 1.02. The van der Waals surface area contributed by atoms with Crippen molar-refractivity contribution in [1.29, 1.82) is 0 Å². The second kappa shape index (κ2) is 7.85. The fourth-order valence-corrected chi connectivity index (χ4v) is 6.16. The van der Waals surface area contributed by atoms with Crippen molar-refractivity contribution in [2.45, 2.75) is 24.2 Å². The first-order chi connectivity index (χ1) is 13.5. The lowest BCUT2D eigenvalue weighted by Crippen LogP contribution is -2.39. The molecule has 4 rings (SSSR count). The van der Waals surface area contributed by atoms with Gasteiger partial charge in [-0.25, -0.2) is 8.42 Å². The summed E-state index contributed by atoms with van der Waals surface area (Å²) in [5, 5.41) is -0.251. The molecule has 2 aromatic rings. The number of amides is 1. The topological polar surface area (TPSA) is 63.7 Å². The molecule has 28 heavy (non-hydrogen) atoms. The predicted octanol–water partition coefficient (Wildman–Crippen LogP) is 3.34. The van der Waals surface area contributed by atoms with Gasteiger partial charge < -0.3 is 9.64 Å². The van der Waals surface area contributed by atoms with E-state index >= 15 is 0 Å². The molecule has 0 aromatic heterocycles. The van der Waals surface area contributed by atoms with E-state index in [0.29, 0.717) is 30.2 Å². The number of halogens is 1. The van der Waals surface area contributed by atoms with Gasteiger partial charge in [-0.2, -0.15) is 0 Å². The zero-order valence-electron chi connectivity index (χ0n) is 15.4. The molecule has 2 aromatic carbocycles. The number of fused-ring (bicyclic) bond motifs is 1. The monoisotopic (exact) mass is 419 g/mol. The highest BCUT2D eigenvalue weighted by Gasteiger charge is 2.37. The van der Waals surface area contributed by atoms with Gasteiger partial charge in [0.2, 0.25) is 0 Å². The van der Waals surface area contributed by atoms with Crippen molar-refractivity contribution in [3.05, 3.63) is 70.2 Å². The van der Waals surface area contributed by atoms with E-state index in [1.165, 1.54) is 0 Å². The number of carbonyl (C=O) groups excluding carboxylic acids is 1. The molecule has 1 fully saturated rings. The Morgan fingerprint density at radius 1 is 1.04 bits per heavy atom. The summed E-state index contributed by atoms with van der Waals surface area (Å²) >= 11 is 6.25. The van der Waals surface area contributed by atoms with E-state index in [1.807, 2.05) is 24.3 Å². The molecule has 0 bridgehead atoms. The molecule has 2 heterocycles. The van der Waals surface area contributed by atoms with Crippen molar-refractivity contribution < 1.29 is 17.9 Å². The lowest BCUT2D eigenvalue weighted by Gasteiger charge is -2.30. The number of nitrogens with zero attached hydrogens (tertiary/aromatic N) is 1. The van der Waals surface area contributed by atoms with Crippen LogP contribution < -0.4 is 0 Å². The van der Waals surface area contributed by atoms with Crippen LogP contribution in [0, 0.1) is 0 Å². The third-order valence-electron chi connectivity index (χ3n) is 5.52. The van der Waals surface area contributed by atoms with Gasteiger partial charge in [-0.3, -0.25) is 4.79 Å². The van der Waals surface area contributed by atoms with Crippen molar-refractivity contribution in [3.63, 3.8) is 0 Å². The zero-order chi connectivity index (χ0) is 19.7. The first-order valence-electron chi connectivity index (χ1n) is 9.41. The summed E-state index contributed by atoms with van der Waals surface area (Å²) in [5.41, 5.74) is 2.61. The van der Waals surface area contributed by atoms with Gasteiger partial charge in [-0.15, -0.1) is 0 Å². The van der Waals surface area contributed by atoms with Gasteiger partial charge >= 0.3 is 0 Å². The number of hydrogen-bond donors (Lipinski definition) is 0. The minimum atomic E-state index is -3.41. The molecule has 0 N–H and O–H groups in total. The molecule has 5 nitrogen and oxygen atoms in total. The normalized spacial score (nSPS) is 24.2. The Morgan fingerprint density at radius 3 is 2.54 bits per heavy atom. The largest absolute Gasteiger partial charge is 0.363 e. The van der Waals surface area contributed by atoms with Crippen molar-refractivity contribution in [2.24, 2.45) is 0 Å². The molecule has 2 aliphatic rings. The maximum atomic E-state index is 13.2. The van der Waals surface area contributed by atoms with E-state index in [4.69, 9.17) is 16.3 Å². The van der Waals surface area contributed by atoms with Gasteiger partial charge in [0, 0.05) is 18.1 Å². The van der Waals surface area contributed by atoms with Crippen LogP contribution in [-0.2, 0) is 25.8 Å². The highest BCUT2D eigenvalue weighted by Crippen LogP contribution is 2.35. The quantitative estimate of drug-likeness (QED) is 0.748. The summed E-state index contributed by atoms with van der Waals surface area (Å²) in [4.78, 5) is 14.8. The summed E-state index contributed by atoms with van der Waals surface area (Å²) in [6.07, 6.45) is 0.444. The van der Waals surface area contributed by atoms with E-state index in [2.05, 4.69) is 0 Å². The molecule has 2 aliphatic heterocycles. The van der Waals surface area contributed by atoms with E-state index in [-0.39, 0.29) is 18.2 Å². The highest BCUT2D eigenvalue weighted by atomic mass is 35.5. The number of ether oxygens (including phenoxy) is 1. The molecular weight excluding hydrogens is 398 g/mol. The maximum absolute atomic E-state index is 13.2. The fourth-order valence-electron chi connectivity index (χ4n) is 4.01. The van der Waals surface area contributed by atoms with Crippen LogP contribution >= 0.6 is 11.6 Å². The number of hydrogen-bond acceptors (Lipinski definition) is 4. The van der Waals surface area contributed by atoms with Crippen LogP contribution in [0.15, 0.2) is 48.5 Å². The number of carbonyl (C=O) groups is 1. The molecule has 0 spiro atoms. The van der Waals surface area contributed by atoms with Gasteiger partial charge in [-0.1, -0.05) is 54.1 Å². The lowest BCUT2D eigenvalue weighted by molar-refractivity contribution is -0.144. The van der Waals surface area contributed by atoms with Crippen molar-refractivity contribution in [1.82, 2.24) is 4.90 Å². The van der Waals surface area contributed by atoms with E-state index < -0.39 is 21.2 Å². The zero-order valence-corrected chi connectivity index (χ0v) is 17.0. The van der Waals surface area contributed by atoms with Crippen LogP contribution in [0.1, 0.15) is 34.5 Å². The second-order valence-electron chi connectivity index (χ2n) is 7.19. The number of rotatable bonds is 2. The standard InChI is InChI=1S/C21H22ClNO4S/c22-18-8-4-3-7-17(18)19-9-11-23(12-14-28(19,25)26)21(24)20-16-6-2-1-5-15(16)10-13-27-20/h1-8,19-20H,9-14H2. The second-order valence-corrected chi connectivity index (χ2v) is 9.90. The van der Waals surface area contributed by atoms with Gasteiger partial charge in [0.05, 0.1) is 17.6 Å². The van der Waals surface area contributed by atoms with Crippen LogP contribution in [-0.4, -0.2) is 44.7 Å². The van der Waals surface area contributed by atoms with E-state index in [0.717, 1.165) is 17.5 Å². The first kappa shape index (κ1) is 19.4. The Balaban J connectivity index is 1.57. The van der Waals surface area contributed by atoms with E-state index in [9.17, 15) is 13.2 Å². The lowest BCUT2D eigenvalue weighted by atomic mass is 9.96. The Hall–Kier alpha value is -1.89. The molecule has 1 amide bonds. The van der Waals surface area contributed by atoms with Crippen LogP contribution in [0.25, 0.3) is 0 Å². The maximum Gasteiger partial charge on any atom is 0.256 e. The summed E-state index contributed by atoms with van der Waals surface area (Å²) in [5.74, 6) is -0.245. The Kier molecular flexibility index (Phi) is 5.45. The van der Waals surface area contributed by atoms with Crippen LogP contribution in [0.5, 0.6) is 0 Å². The minimum absolute atomic E-state index is 0.0804. The van der Waals surface area contributed by atoms with Gasteiger partial charge in [0.1, 0.15) is 0 Å². The molecule has 0 saturated carbocycles. The van der Waals surface area contributed by atoms with E-state index in [1.54, 1.807) is 29.2 Å². The summed E-state index contributed by atoms with van der Waals surface area (Å²) in [7, 11) is -3.41. The fraction of sp³-hybridized carbons (Fsp3) is 0.381.